The molecule has 2 aromatic rings. The fourth-order valence-electron chi connectivity index (χ4n) is 2.23. The minimum absolute atomic E-state index is 0.200. The summed E-state index contributed by atoms with van der Waals surface area (Å²) in [5, 5.41) is 1.24. The van der Waals surface area contributed by atoms with E-state index in [1.54, 1.807) is 42.6 Å². The standard InChI is InChI=1S/C19H21NO2S2/c1-4-22-19(21)15-10-12-16(13-11-15)20-18(24-3)17(23-2)14-8-6-5-7-9-14/h5-13,17H,4H2,1-3H3. The number of benzene rings is 2. The van der Waals surface area contributed by atoms with Crippen LogP contribution in [0.4, 0.5) is 5.69 Å². The van der Waals surface area contributed by atoms with Crippen molar-refractivity contribution in [3.63, 3.8) is 0 Å². The molecular formula is C19H21NO2S2. The van der Waals surface area contributed by atoms with E-state index in [1.807, 2.05) is 36.6 Å². The molecule has 2 rings (SSSR count). The van der Waals surface area contributed by atoms with Crippen molar-refractivity contribution in [2.45, 2.75) is 12.2 Å². The number of aliphatic imine (C=N–C) groups is 1. The molecule has 3 nitrogen and oxygen atoms in total. The SMILES string of the molecule is CCOC(=O)c1ccc(N=C(SC)C(SC)c2ccccc2)cc1. The summed E-state index contributed by atoms with van der Waals surface area (Å²) in [4.78, 5) is 16.5. The third-order valence-electron chi connectivity index (χ3n) is 3.39. The lowest BCUT2D eigenvalue weighted by atomic mass is 10.1. The van der Waals surface area contributed by atoms with E-state index in [0.717, 1.165) is 10.7 Å². The summed E-state index contributed by atoms with van der Waals surface area (Å²) in [5.74, 6) is -0.301. The highest BCUT2D eigenvalue weighted by Gasteiger charge is 2.16. The molecule has 126 valence electrons. The maximum Gasteiger partial charge on any atom is 0.338 e. The monoisotopic (exact) mass is 359 g/mol. The Hall–Kier alpha value is -1.72. The maximum absolute atomic E-state index is 11.7. The van der Waals surface area contributed by atoms with Gasteiger partial charge in [-0.15, -0.1) is 11.8 Å². The van der Waals surface area contributed by atoms with Gasteiger partial charge in [0, 0.05) is 0 Å². The lowest BCUT2D eigenvalue weighted by Gasteiger charge is -2.16. The number of carbonyl (C=O) groups is 1. The number of carbonyl (C=O) groups excluding carboxylic acids is 1. The summed E-state index contributed by atoms with van der Waals surface area (Å²) in [5.41, 5.74) is 2.62. The first-order chi connectivity index (χ1) is 11.7. The first kappa shape index (κ1) is 18.6. The highest BCUT2D eigenvalue weighted by Crippen LogP contribution is 2.33. The second-order valence-electron chi connectivity index (χ2n) is 4.95. The summed E-state index contributed by atoms with van der Waals surface area (Å²) in [6.45, 7) is 2.18. The van der Waals surface area contributed by atoms with Crippen molar-refractivity contribution < 1.29 is 9.53 Å². The zero-order valence-electron chi connectivity index (χ0n) is 14.1. The lowest BCUT2D eigenvalue weighted by molar-refractivity contribution is 0.0526. The Morgan fingerprint density at radius 2 is 1.75 bits per heavy atom. The van der Waals surface area contributed by atoms with Crippen molar-refractivity contribution in [2.75, 3.05) is 19.1 Å². The molecule has 0 fully saturated rings. The van der Waals surface area contributed by atoms with Gasteiger partial charge in [-0.3, -0.25) is 0 Å². The molecule has 0 amide bonds. The second-order valence-corrected chi connectivity index (χ2v) is 6.72. The average Bonchev–Trinajstić information content (AvgIpc) is 2.63. The molecule has 0 aromatic heterocycles. The minimum atomic E-state index is -0.301. The molecule has 0 bridgehead atoms. The van der Waals surface area contributed by atoms with Crippen LogP contribution in [0, 0.1) is 0 Å². The maximum atomic E-state index is 11.7. The van der Waals surface area contributed by atoms with Gasteiger partial charge in [-0.25, -0.2) is 9.79 Å². The van der Waals surface area contributed by atoms with E-state index in [4.69, 9.17) is 9.73 Å². The number of hydrogen-bond acceptors (Lipinski definition) is 5. The number of ether oxygens (including phenoxy) is 1. The molecule has 0 saturated heterocycles. The molecule has 0 radical (unpaired) electrons. The van der Waals surface area contributed by atoms with Crippen molar-refractivity contribution in [1.29, 1.82) is 0 Å². The molecule has 0 N–H and O–H groups in total. The van der Waals surface area contributed by atoms with E-state index in [2.05, 4.69) is 18.4 Å². The van der Waals surface area contributed by atoms with Gasteiger partial charge in [0.15, 0.2) is 0 Å². The van der Waals surface area contributed by atoms with Gasteiger partial charge in [0.25, 0.3) is 0 Å². The number of nitrogens with zero attached hydrogens (tertiary/aromatic N) is 1. The van der Waals surface area contributed by atoms with Crippen LogP contribution in [-0.2, 0) is 4.74 Å². The Labute approximate surface area is 151 Å². The van der Waals surface area contributed by atoms with Crippen LogP contribution < -0.4 is 0 Å². The topological polar surface area (TPSA) is 38.7 Å². The number of esters is 1. The molecular weight excluding hydrogens is 338 g/mol. The summed E-state index contributed by atoms with van der Waals surface area (Å²) in [6.07, 6.45) is 4.13. The summed E-state index contributed by atoms with van der Waals surface area (Å²) in [7, 11) is 0. The largest absolute Gasteiger partial charge is 0.462 e. The van der Waals surface area contributed by atoms with E-state index in [0.29, 0.717) is 12.2 Å². The smallest absolute Gasteiger partial charge is 0.338 e. The summed E-state index contributed by atoms with van der Waals surface area (Å²) >= 11 is 3.41. The fraction of sp³-hybridized carbons (Fsp3) is 0.263. The Morgan fingerprint density at radius 1 is 1.08 bits per heavy atom. The van der Waals surface area contributed by atoms with Crippen LogP contribution in [-0.4, -0.2) is 30.1 Å². The van der Waals surface area contributed by atoms with Crippen LogP contribution in [0.5, 0.6) is 0 Å². The molecule has 0 spiro atoms. The zero-order valence-corrected chi connectivity index (χ0v) is 15.7. The molecule has 0 heterocycles. The van der Waals surface area contributed by atoms with Gasteiger partial charge in [0.05, 0.1) is 28.2 Å². The molecule has 0 aliphatic carbocycles. The summed E-state index contributed by atoms with van der Waals surface area (Å²) in [6, 6.07) is 17.6. The van der Waals surface area contributed by atoms with Crippen LogP contribution in [0.25, 0.3) is 0 Å². The van der Waals surface area contributed by atoms with E-state index in [1.165, 1.54) is 5.56 Å². The Balaban J connectivity index is 2.24. The highest BCUT2D eigenvalue weighted by atomic mass is 32.2. The number of rotatable bonds is 6. The quantitative estimate of drug-likeness (QED) is 0.395. The van der Waals surface area contributed by atoms with Crippen molar-refractivity contribution >= 4 is 40.2 Å². The average molecular weight is 360 g/mol. The fourth-order valence-corrected chi connectivity index (χ4v) is 4.04. The predicted molar refractivity (Wildman–Crippen MR) is 106 cm³/mol. The van der Waals surface area contributed by atoms with Crippen LogP contribution >= 0.6 is 23.5 Å². The Morgan fingerprint density at radius 3 is 2.29 bits per heavy atom. The van der Waals surface area contributed by atoms with Gasteiger partial charge in [-0.05, 0) is 49.3 Å². The first-order valence-corrected chi connectivity index (χ1v) is 10.2. The van der Waals surface area contributed by atoms with Gasteiger partial charge in [-0.2, -0.15) is 11.8 Å². The number of thioether (sulfide) groups is 2. The predicted octanol–water partition coefficient (Wildman–Crippen LogP) is 5.36. The zero-order chi connectivity index (χ0) is 17.4. The molecule has 5 heteroatoms. The van der Waals surface area contributed by atoms with Crippen molar-refractivity contribution in [3.05, 3.63) is 65.7 Å². The first-order valence-electron chi connectivity index (χ1n) is 7.67. The van der Waals surface area contributed by atoms with Gasteiger partial charge in [-0.1, -0.05) is 30.3 Å². The number of hydrogen-bond donors (Lipinski definition) is 0. The minimum Gasteiger partial charge on any atom is -0.462 e. The van der Waals surface area contributed by atoms with Crippen LogP contribution in [0.3, 0.4) is 0 Å². The van der Waals surface area contributed by atoms with Crippen molar-refractivity contribution in [1.82, 2.24) is 0 Å². The van der Waals surface area contributed by atoms with E-state index >= 15 is 0 Å². The van der Waals surface area contributed by atoms with Crippen LogP contribution in [0.1, 0.15) is 28.1 Å². The van der Waals surface area contributed by atoms with Crippen LogP contribution in [0.15, 0.2) is 59.6 Å². The normalized spacial score (nSPS) is 12.7. The van der Waals surface area contributed by atoms with Gasteiger partial charge in [0.2, 0.25) is 0 Å². The third kappa shape index (κ3) is 4.89. The van der Waals surface area contributed by atoms with E-state index in [-0.39, 0.29) is 11.2 Å². The summed E-state index contributed by atoms with van der Waals surface area (Å²) < 4.78 is 5.00. The molecule has 0 aliphatic rings. The van der Waals surface area contributed by atoms with Crippen molar-refractivity contribution in [2.24, 2.45) is 4.99 Å². The molecule has 0 aliphatic heterocycles. The van der Waals surface area contributed by atoms with Crippen molar-refractivity contribution in [3.8, 4) is 0 Å². The molecule has 1 atom stereocenters. The lowest BCUT2D eigenvalue weighted by Crippen LogP contribution is -2.05. The molecule has 2 aromatic carbocycles. The molecule has 24 heavy (non-hydrogen) atoms. The van der Waals surface area contributed by atoms with Gasteiger partial charge >= 0.3 is 5.97 Å². The van der Waals surface area contributed by atoms with Gasteiger partial charge in [0.1, 0.15) is 0 Å². The van der Waals surface area contributed by atoms with E-state index in [9.17, 15) is 4.79 Å². The Kier molecular flexibility index (Phi) is 7.40. The highest BCUT2D eigenvalue weighted by molar-refractivity contribution is 8.15. The third-order valence-corrected chi connectivity index (χ3v) is 5.25. The molecule has 1 unspecified atom stereocenters. The van der Waals surface area contributed by atoms with Gasteiger partial charge < -0.3 is 4.74 Å². The second kappa shape index (κ2) is 9.55. The van der Waals surface area contributed by atoms with E-state index < -0.39 is 0 Å². The van der Waals surface area contributed by atoms with Crippen LogP contribution in [0.2, 0.25) is 0 Å². The molecule has 0 saturated carbocycles. The Bertz CT molecular complexity index is 684.